The molecule has 0 saturated heterocycles. The summed E-state index contributed by atoms with van der Waals surface area (Å²) < 4.78 is 0. The minimum atomic E-state index is 0.592. The van der Waals surface area contributed by atoms with E-state index >= 15 is 0 Å². The topological polar surface area (TPSA) is 12.0 Å². The zero-order valence-electron chi connectivity index (χ0n) is 11.8. The molecule has 1 atom stereocenters. The van der Waals surface area contributed by atoms with Crippen molar-refractivity contribution in [2.75, 3.05) is 6.54 Å². The Morgan fingerprint density at radius 3 is 2.72 bits per heavy atom. The molecule has 102 valence electrons. The summed E-state index contributed by atoms with van der Waals surface area (Å²) in [6.07, 6.45) is 8.25. The molecule has 0 radical (unpaired) electrons. The largest absolute Gasteiger partial charge is 0.309 e. The Bertz CT molecular complexity index is 312. The van der Waals surface area contributed by atoms with Crippen molar-refractivity contribution in [1.29, 1.82) is 0 Å². The second-order valence-electron chi connectivity index (χ2n) is 5.89. The third-order valence-corrected chi connectivity index (χ3v) is 5.24. The molecular formula is C16H27NS. The van der Waals surface area contributed by atoms with E-state index in [1.165, 1.54) is 49.9 Å². The smallest absolute Gasteiger partial charge is 0.0414 e. The Hall–Kier alpha value is -0.340. The van der Waals surface area contributed by atoms with Crippen LogP contribution < -0.4 is 5.32 Å². The minimum Gasteiger partial charge on any atom is -0.309 e. The SMILES string of the molecule is CCCC(NCC1CCC(C)CC1)c1cccs1. The molecule has 0 aliphatic heterocycles. The van der Waals surface area contributed by atoms with Crippen LogP contribution in [0.25, 0.3) is 0 Å². The number of nitrogens with one attached hydrogen (secondary N) is 1. The predicted molar refractivity (Wildman–Crippen MR) is 81.1 cm³/mol. The number of thiophene rings is 1. The molecule has 0 spiro atoms. The van der Waals surface area contributed by atoms with Gasteiger partial charge in [0.2, 0.25) is 0 Å². The molecule has 0 aromatic carbocycles. The molecule has 1 aromatic heterocycles. The average Bonchev–Trinajstić information content (AvgIpc) is 2.90. The predicted octanol–water partition coefficient (Wildman–Crippen LogP) is 5.01. The number of hydrogen-bond donors (Lipinski definition) is 1. The lowest BCUT2D eigenvalue weighted by Gasteiger charge is -2.28. The van der Waals surface area contributed by atoms with Gasteiger partial charge in [0.05, 0.1) is 0 Å². The van der Waals surface area contributed by atoms with Crippen molar-refractivity contribution in [3.8, 4) is 0 Å². The highest BCUT2D eigenvalue weighted by Gasteiger charge is 2.19. The molecule has 1 aliphatic carbocycles. The van der Waals surface area contributed by atoms with Gasteiger partial charge in [-0.25, -0.2) is 0 Å². The summed E-state index contributed by atoms with van der Waals surface area (Å²) in [5, 5.41) is 6.01. The zero-order valence-corrected chi connectivity index (χ0v) is 12.6. The first-order chi connectivity index (χ1) is 8.79. The highest BCUT2D eigenvalue weighted by atomic mass is 32.1. The Kier molecular flexibility index (Phi) is 5.71. The van der Waals surface area contributed by atoms with Crippen molar-refractivity contribution in [1.82, 2.24) is 5.32 Å². The summed E-state index contributed by atoms with van der Waals surface area (Å²) in [6, 6.07) is 5.04. The molecule has 1 unspecified atom stereocenters. The molecule has 2 heteroatoms. The van der Waals surface area contributed by atoms with Crippen LogP contribution in [0.4, 0.5) is 0 Å². The molecule has 0 amide bonds. The van der Waals surface area contributed by atoms with Gasteiger partial charge in [0.1, 0.15) is 0 Å². The fourth-order valence-electron chi connectivity index (χ4n) is 2.97. The lowest BCUT2D eigenvalue weighted by atomic mass is 9.83. The van der Waals surface area contributed by atoms with Crippen LogP contribution in [-0.4, -0.2) is 6.54 Å². The lowest BCUT2D eigenvalue weighted by Crippen LogP contribution is -2.29. The Morgan fingerprint density at radius 1 is 1.33 bits per heavy atom. The van der Waals surface area contributed by atoms with Crippen molar-refractivity contribution in [2.24, 2.45) is 11.8 Å². The minimum absolute atomic E-state index is 0.592. The van der Waals surface area contributed by atoms with Crippen LogP contribution in [0.1, 0.15) is 63.3 Å². The molecule has 0 bridgehead atoms. The maximum Gasteiger partial charge on any atom is 0.0414 e. The fraction of sp³-hybridized carbons (Fsp3) is 0.750. The standard InChI is InChI=1S/C16H27NS/c1-3-5-15(16-6-4-11-18-16)17-12-14-9-7-13(2)8-10-14/h4,6,11,13-15,17H,3,5,7-10,12H2,1-2H3. The Labute approximate surface area is 116 Å². The van der Waals surface area contributed by atoms with Crippen LogP contribution in [0.15, 0.2) is 17.5 Å². The molecule has 1 fully saturated rings. The monoisotopic (exact) mass is 265 g/mol. The highest BCUT2D eigenvalue weighted by molar-refractivity contribution is 7.10. The van der Waals surface area contributed by atoms with Crippen LogP contribution in [0.3, 0.4) is 0 Å². The first-order valence-electron chi connectivity index (χ1n) is 7.56. The summed E-state index contributed by atoms with van der Waals surface area (Å²) in [5.41, 5.74) is 0. The van der Waals surface area contributed by atoms with Gasteiger partial charge in [-0.15, -0.1) is 11.3 Å². The van der Waals surface area contributed by atoms with Gasteiger partial charge >= 0.3 is 0 Å². The van der Waals surface area contributed by atoms with Crippen LogP contribution in [-0.2, 0) is 0 Å². The Balaban J connectivity index is 1.79. The van der Waals surface area contributed by atoms with Gasteiger partial charge in [0, 0.05) is 10.9 Å². The zero-order chi connectivity index (χ0) is 12.8. The molecule has 1 saturated carbocycles. The van der Waals surface area contributed by atoms with Gasteiger partial charge in [0.25, 0.3) is 0 Å². The third kappa shape index (κ3) is 4.10. The molecule has 1 nitrogen and oxygen atoms in total. The maximum absolute atomic E-state index is 3.82. The summed E-state index contributed by atoms with van der Waals surface area (Å²) in [5.74, 6) is 1.88. The summed E-state index contributed by atoms with van der Waals surface area (Å²) >= 11 is 1.90. The van der Waals surface area contributed by atoms with E-state index in [9.17, 15) is 0 Å². The number of hydrogen-bond acceptors (Lipinski definition) is 2. The fourth-order valence-corrected chi connectivity index (χ4v) is 3.80. The third-order valence-electron chi connectivity index (χ3n) is 4.25. The van der Waals surface area contributed by atoms with Crippen molar-refractivity contribution >= 4 is 11.3 Å². The second kappa shape index (κ2) is 7.30. The van der Waals surface area contributed by atoms with Crippen LogP contribution in [0.2, 0.25) is 0 Å². The molecule has 1 aliphatic rings. The van der Waals surface area contributed by atoms with Gasteiger partial charge in [-0.05, 0) is 49.1 Å². The second-order valence-corrected chi connectivity index (χ2v) is 6.87. The molecule has 1 heterocycles. The van der Waals surface area contributed by atoms with E-state index in [2.05, 4.69) is 36.7 Å². The molecular weight excluding hydrogens is 238 g/mol. The van der Waals surface area contributed by atoms with Crippen molar-refractivity contribution in [3.63, 3.8) is 0 Å². The lowest BCUT2D eigenvalue weighted by molar-refractivity contribution is 0.272. The maximum atomic E-state index is 3.82. The van der Waals surface area contributed by atoms with E-state index in [1.54, 1.807) is 0 Å². The van der Waals surface area contributed by atoms with E-state index < -0.39 is 0 Å². The van der Waals surface area contributed by atoms with Gasteiger partial charge in [-0.3, -0.25) is 0 Å². The van der Waals surface area contributed by atoms with Gasteiger partial charge in [-0.2, -0.15) is 0 Å². The van der Waals surface area contributed by atoms with E-state index in [1.807, 2.05) is 11.3 Å². The summed E-state index contributed by atoms with van der Waals surface area (Å²) in [7, 11) is 0. The molecule has 1 N–H and O–H groups in total. The van der Waals surface area contributed by atoms with E-state index in [4.69, 9.17) is 0 Å². The summed E-state index contributed by atoms with van der Waals surface area (Å²) in [6.45, 7) is 5.90. The first-order valence-corrected chi connectivity index (χ1v) is 8.44. The summed E-state index contributed by atoms with van der Waals surface area (Å²) in [4.78, 5) is 1.51. The first kappa shape index (κ1) is 14.1. The number of rotatable bonds is 6. The highest BCUT2D eigenvalue weighted by Crippen LogP contribution is 2.29. The molecule has 18 heavy (non-hydrogen) atoms. The Morgan fingerprint density at radius 2 is 2.11 bits per heavy atom. The van der Waals surface area contributed by atoms with E-state index in [0.717, 1.165) is 11.8 Å². The van der Waals surface area contributed by atoms with Gasteiger partial charge in [0.15, 0.2) is 0 Å². The van der Waals surface area contributed by atoms with E-state index in [-0.39, 0.29) is 0 Å². The van der Waals surface area contributed by atoms with Crippen molar-refractivity contribution in [2.45, 2.75) is 58.4 Å². The van der Waals surface area contributed by atoms with Gasteiger partial charge in [-0.1, -0.05) is 39.2 Å². The normalized spacial score (nSPS) is 26.1. The molecule has 1 aromatic rings. The van der Waals surface area contributed by atoms with Crippen molar-refractivity contribution in [3.05, 3.63) is 22.4 Å². The van der Waals surface area contributed by atoms with Crippen LogP contribution >= 0.6 is 11.3 Å². The molecule has 2 rings (SSSR count). The average molecular weight is 265 g/mol. The van der Waals surface area contributed by atoms with E-state index in [0.29, 0.717) is 6.04 Å². The van der Waals surface area contributed by atoms with Gasteiger partial charge < -0.3 is 5.32 Å². The van der Waals surface area contributed by atoms with Crippen LogP contribution in [0, 0.1) is 11.8 Å². The van der Waals surface area contributed by atoms with Crippen molar-refractivity contribution < 1.29 is 0 Å². The quantitative estimate of drug-likeness (QED) is 0.762. The van der Waals surface area contributed by atoms with Crippen LogP contribution in [0.5, 0.6) is 0 Å².